The molecule has 0 bridgehead atoms. The standard InChI is InChI=1S/C10H9NO3S.ClH/c1-2-14-10(13)7-5-11-9-6(8(7)12)3-4-15-9;/h3-5H,2H2,1H3,(H,11,12);1H. The molecule has 0 unspecified atom stereocenters. The van der Waals surface area contributed by atoms with Crippen molar-refractivity contribution < 1.29 is 9.53 Å². The first kappa shape index (κ1) is 12.7. The molecule has 0 fully saturated rings. The lowest BCUT2D eigenvalue weighted by atomic mass is 10.2. The molecule has 0 radical (unpaired) electrons. The third-order valence-corrected chi connectivity index (χ3v) is 2.84. The molecule has 0 amide bonds. The quantitative estimate of drug-likeness (QED) is 0.841. The van der Waals surface area contributed by atoms with Gasteiger partial charge < -0.3 is 9.72 Å². The number of rotatable bonds is 2. The number of ether oxygens (including phenoxy) is 1. The Hall–Kier alpha value is -1.33. The van der Waals surface area contributed by atoms with Gasteiger partial charge in [-0.25, -0.2) is 4.79 Å². The molecule has 6 heteroatoms. The van der Waals surface area contributed by atoms with Crippen molar-refractivity contribution in [2.75, 3.05) is 6.61 Å². The van der Waals surface area contributed by atoms with Crippen LogP contribution in [0, 0.1) is 0 Å². The zero-order chi connectivity index (χ0) is 10.8. The largest absolute Gasteiger partial charge is 0.462 e. The Kier molecular flexibility index (Phi) is 4.09. The maximum atomic E-state index is 11.8. The maximum Gasteiger partial charge on any atom is 0.343 e. The molecular formula is C10H10ClNO3S. The second-order valence-corrected chi connectivity index (χ2v) is 3.83. The minimum absolute atomic E-state index is 0. The van der Waals surface area contributed by atoms with Crippen molar-refractivity contribution in [2.45, 2.75) is 6.92 Å². The van der Waals surface area contributed by atoms with Crippen LogP contribution in [0.5, 0.6) is 0 Å². The summed E-state index contributed by atoms with van der Waals surface area (Å²) in [4.78, 5) is 26.9. The van der Waals surface area contributed by atoms with Gasteiger partial charge in [-0.15, -0.1) is 23.7 Å². The van der Waals surface area contributed by atoms with Gasteiger partial charge in [-0.1, -0.05) is 0 Å². The Labute approximate surface area is 102 Å². The van der Waals surface area contributed by atoms with Crippen LogP contribution in [-0.2, 0) is 4.74 Å². The highest BCUT2D eigenvalue weighted by molar-refractivity contribution is 7.16. The van der Waals surface area contributed by atoms with E-state index in [1.54, 1.807) is 18.4 Å². The lowest BCUT2D eigenvalue weighted by Crippen LogP contribution is -2.17. The third-order valence-electron chi connectivity index (χ3n) is 2.00. The molecular weight excluding hydrogens is 250 g/mol. The summed E-state index contributed by atoms with van der Waals surface area (Å²) in [6.45, 7) is 1.97. The molecule has 0 aliphatic carbocycles. The molecule has 2 aromatic rings. The van der Waals surface area contributed by atoms with Crippen molar-refractivity contribution in [3.05, 3.63) is 33.4 Å². The number of aromatic amines is 1. The number of hydrogen-bond donors (Lipinski definition) is 1. The number of esters is 1. The van der Waals surface area contributed by atoms with E-state index in [0.29, 0.717) is 5.39 Å². The highest BCUT2D eigenvalue weighted by Gasteiger charge is 2.13. The van der Waals surface area contributed by atoms with Gasteiger partial charge in [0.2, 0.25) is 5.43 Å². The van der Waals surface area contributed by atoms with Gasteiger partial charge in [0.1, 0.15) is 10.4 Å². The molecule has 2 aromatic heterocycles. The van der Waals surface area contributed by atoms with Crippen molar-refractivity contribution in [2.24, 2.45) is 0 Å². The fraction of sp³-hybridized carbons (Fsp3) is 0.200. The molecule has 0 saturated heterocycles. The van der Waals surface area contributed by atoms with Crippen molar-refractivity contribution in [3.8, 4) is 0 Å². The summed E-state index contributed by atoms with van der Waals surface area (Å²) < 4.78 is 4.78. The lowest BCUT2D eigenvalue weighted by molar-refractivity contribution is 0.0524. The summed E-state index contributed by atoms with van der Waals surface area (Å²) in [5.41, 5.74) is -0.216. The Morgan fingerprint density at radius 3 is 3.00 bits per heavy atom. The second kappa shape index (κ2) is 5.14. The highest BCUT2D eigenvalue weighted by atomic mass is 35.5. The molecule has 0 aromatic carbocycles. The van der Waals surface area contributed by atoms with Crippen molar-refractivity contribution >= 4 is 39.9 Å². The van der Waals surface area contributed by atoms with Crippen LogP contribution in [0.25, 0.3) is 10.2 Å². The molecule has 86 valence electrons. The number of carbonyl (C=O) groups is 1. The number of thiophene rings is 1. The van der Waals surface area contributed by atoms with E-state index >= 15 is 0 Å². The molecule has 4 nitrogen and oxygen atoms in total. The van der Waals surface area contributed by atoms with Crippen LogP contribution < -0.4 is 5.43 Å². The lowest BCUT2D eigenvalue weighted by Gasteiger charge is -2.00. The van der Waals surface area contributed by atoms with Crippen LogP contribution in [0.1, 0.15) is 17.3 Å². The predicted octanol–water partition coefficient (Wildman–Crippen LogP) is 2.19. The monoisotopic (exact) mass is 259 g/mol. The summed E-state index contributed by atoms with van der Waals surface area (Å²) in [6.07, 6.45) is 1.40. The van der Waals surface area contributed by atoms with Crippen LogP contribution in [0.2, 0.25) is 0 Å². The second-order valence-electron chi connectivity index (χ2n) is 2.92. The van der Waals surface area contributed by atoms with Crippen molar-refractivity contribution in [3.63, 3.8) is 0 Å². The van der Waals surface area contributed by atoms with Gasteiger partial charge in [0.15, 0.2) is 0 Å². The van der Waals surface area contributed by atoms with E-state index < -0.39 is 5.97 Å². The highest BCUT2D eigenvalue weighted by Crippen LogP contribution is 2.14. The van der Waals surface area contributed by atoms with E-state index in [2.05, 4.69) is 4.98 Å². The zero-order valence-corrected chi connectivity index (χ0v) is 10.1. The molecule has 1 N–H and O–H groups in total. The van der Waals surface area contributed by atoms with Gasteiger partial charge in [-0.3, -0.25) is 4.79 Å². The van der Waals surface area contributed by atoms with Gasteiger partial charge in [-0.05, 0) is 18.4 Å². The Bertz CT molecular complexity index is 560. The molecule has 0 aliphatic heterocycles. The molecule has 0 atom stereocenters. The number of nitrogens with one attached hydrogen (secondary N) is 1. The van der Waals surface area contributed by atoms with Gasteiger partial charge in [0.05, 0.1) is 12.0 Å². The average molecular weight is 260 g/mol. The van der Waals surface area contributed by atoms with E-state index in [9.17, 15) is 9.59 Å². The number of halogens is 1. The van der Waals surface area contributed by atoms with Crippen LogP contribution in [0.15, 0.2) is 22.4 Å². The number of carbonyl (C=O) groups excluding carboxylic acids is 1. The summed E-state index contributed by atoms with van der Waals surface area (Å²) in [5.74, 6) is -0.577. The smallest absolute Gasteiger partial charge is 0.343 e. The summed E-state index contributed by atoms with van der Waals surface area (Å²) in [7, 11) is 0. The first-order valence-electron chi connectivity index (χ1n) is 4.50. The first-order valence-corrected chi connectivity index (χ1v) is 5.38. The molecule has 0 aliphatic rings. The fourth-order valence-corrected chi connectivity index (χ4v) is 2.06. The maximum absolute atomic E-state index is 11.8. The normalized spacial score (nSPS) is 9.81. The van der Waals surface area contributed by atoms with Crippen LogP contribution in [0.3, 0.4) is 0 Å². The third kappa shape index (κ3) is 2.10. The van der Waals surface area contributed by atoms with Gasteiger partial charge in [0.25, 0.3) is 0 Å². The first-order chi connectivity index (χ1) is 7.24. The molecule has 2 heterocycles. The molecule has 16 heavy (non-hydrogen) atoms. The van der Waals surface area contributed by atoms with E-state index in [4.69, 9.17) is 4.74 Å². The van der Waals surface area contributed by atoms with E-state index in [1.165, 1.54) is 17.5 Å². The van der Waals surface area contributed by atoms with E-state index in [0.717, 1.165) is 4.83 Å². The molecule has 0 spiro atoms. The predicted molar refractivity (Wildman–Crippen MR) is 65.7 cm³/mol. The van der Waals surface area contributed by atoms with Crippen LogP contribution >= 0.6 is 23.7 Å². The molecule has 2 rings (SSSR count). The van der Waals surface area contributed by atoms with Gasteiger partial charge >= 0.3 is 5.97 Å². The average Bonchev–Trinajstić information content (AvgIpc) is 2.67. The number of pyridine rings is 1. The Morgan fingerprint density at radius 1 is 1.56 bits per heavy atom. The molecule has 0 saturated carbocycles. The van der Waals surface area contributed by atoms with Crippen LogP contribution in [-0.4, -0.2) is 17.6 Å². The SMILES string of the molecule is CCOC(=O)c1c[nH]c2sccc2c1=O.Cl. The Morgan fingerprint density at radius 2 is 2.31 bits per heavy atom. The van der Waals surface area contributed by atoms with E-state index in [-0.39, 0.29) is 30.0 Å². The van der Waals surface area contributed by atoms with Crippen LogP contribution in [0.4, 0.5) is 0 Å². The zero-order valence-electron chi connectivity index (χ0n) is 8.48. The summed E-state index contributed by atoms with van der Waals surface area (Å²) in [5, 5.41) is 2.34. The minimum Gasteiger partial charge on any atom is -0.462 e. The Balaban J connectivity index is 0.00000128. The number of fused-ring (bicyclic) bond motifs is 1. The van der Waals surface area contributed by atoms with Gasteiger partial charge in [-0.2, -0.15) is 0 Å². The minimum atomic E-state index is -0.577. The summed E-state index contributed by atoms with van der Waals surface area (Å²) >= 11 is 1.43. The number of H-pyrrole nitrogens is 1. The topological polar surface area (TPSA) is 59.2 Å². The van der Waals surface area contributed by atoms with Crippen molar-refractivity contribution in [1.29, 1.82) is 0 Å². The number of hydrogen-bond acceptors (Lipinski definition) is 4. The van der Waals surface area contributed by atoms with E-state index in [1.807, 2.05) is 0 Å². The number of aromatic nitrogens is 1. The van der Waals surface area contributed by atoms with Gasteiger partial charge in [0, 0.05) is 6.20 Å². The fourth-order valence-electron chi connectivity index (χ4n) is 1.31. The summed E-state index contributed by atoms with van der Waals surface area (Å²) in [6, 6.07) is 1.70. The van der Waals surface area contributed by atoms with Crippen molar-refractivity contribution in [1.82, 2.24) is 4.98 Å².